The van der Waals surface area contributed by atoms with Gasteiger partial charge in [0, 0.05) is 29.6 Å². The molecule has 4 rings (SSSR count). The van der Waals surface area contributed by atoms with Crippen LogP contribution in [0.15, 0.2) is 65.6 Å². The zero-order valence-corrected chi connectivity index (χ0v) is 14.0. The second-order valence-electron chi connectivity index (χ2n) is 5.89. The Morgan fingerprint density at radius 3 is 2.65 bits per heavy atom. The number of esters is 1. The van der Waals surface area contributed by atoms with Gasteiger partial charge in [-0.25, -0.2) is 9.48 Å². The van der Waals surface area contributed by atoms with E-state index in [2.05, 4.69) is 10.1 Å². The number of hydrogen-bond donors (Lipinski definition) is 0. The Labute approximate surface area is 148 Å². The van der Waals surface area contributed by atoms with Crippen LogP contribution in [0.1, 0.15) is 16.1 Å². The number of pyridine rings is 1. The van der Waals surface area contributed by atoms with Gasteiger partial charge in [-0.05, 0) is 12.1 Å². The summed E-state index contributed by atoms with van der Waals surface area (Å²) in [6, 6.07) is 16.4. The number of ether oxygens (including phenoxy) is 1. The Kier molecular flexibility index (Phi) is 3.93. The van der Waals surface area contributed by atoms with Gasteiger partial charge in [-0.1, -0.05) is 42.5 Å². The quantitative estimate of drug-likeness (QED) is 0.534. The standard InChI is InChI=1S/C20H15N3O3/c1-23-19(24)16-10-3-2-9-15(16)18(22-23)20(25)26-12-14-7-4-6-13-8-5-11-21-17(13)14/h2-11H,12H2,1H3. The maximum atomic E-state index is 12.6. The van der Waals surface area contributed by atoms with Crippen LogP contribution in [0.25, 0.3) is 21.7 Å². The van der Waals surface area contributed by atoms with Gasteiger partial charge in [0.15, 0.2) is 5.69 Å². The van der Waals surface area contributed by atoms with E-state index in [-0.39, 0.29) is 17.9 Å². The largest absolute Gasteiger partial charge is 0.456 e. The van der Waals surface area contributed by atoms with Gasteiger partial charge >= 0.3 is 5.97 Å². The van der Waals surface area contributed by atoms with Crippen molar-refractivity contribution in [3.63, 3.8) is 0 Å². The number of para-hydroxylation sites is 1. The number of nitrogens with zero attached hydrogens (tertiary/aromatic N) is 3. The summed E-state index contributed by atoms with van der Waals surface area (Å²) < 4.78 is 6.62. The van der Waals surface area contributed by atoms with Crippen molar-refractivity contribution in [2.45, 2.75) is 6.61 Å². The Balaban J connectivity index is 1.68. The molecule has 0 atom stereocenters. The van der Waals surface area contributed by atoms with Gasteiger partial charge in [-0.15, -0.1) is 0 Å². The molecule has 128 valence electrons. The van der Waals surface area contributed by atoms with Crippen molar-refractivity contribution in [2.24, 2.45) is 7.05 Å². The zero-order chi connectivity index (χ0) is 18.1. The first kappa shape index (κ1) is 16.0. The maximum Gasteiger partial charge on any atom is 0.359 e. The monoisotopic (exact) mass is 345 g/mol. The third-order valence-corrected chi connectivity index (χ3v) is 4.22. The third-order valence-electron chi connectivity index (χ3n) is 4.22. The van der Waals surface area contributed by atoms with E-state index in [0.717, 1.165) is 21.1 Å². The molecule has 0 bridgehead atoms. The average molecular weight is 345 g/mol. The number of aromatic nitrogens is 3. The fraction of sp³-hybridized carbons (Fsp3) is 0.100. The molecule has 26 heavy (non-hydrogen) atoms. The molecule has 0 saturated carbocycles. The van der Waals surface area contributed by atoms with Gasteiger partial charge < -0.3 is 4.74 Å². The van der Waals surface area contributed by atoms with Gasteiger partial charge in [0.2, 0.25) is 0 Å². The van der Waals surface area contributed by atoms with Gasteiger partial charge in [0.05, 0.1) is 10.9 Å². The topological polar surface area (TPSA) is 74.1 Å². The minimum absolute atomic E-state index is 0.0754. The van der Waals surface area contributed by atoms with E-state index in [4.69, 9.17) is 4.74 Å². The van der Waals surface area contributed by atoms with Crippen LogP contribution in [0.3, 0.4) is 0 Å². The normalized spacial score (nSPS) is 11.0. The van der Waals surface area contributed by atoms with Crippen LogP contribution in [-0.2, 0) is 18.4 Å². The molecular formula is C20H15N3O3. The molecule has 0 N–H and O–H groups in total. The van der Waals surface area contributed by atoms with Crippen molar-refractivity contribution >= 4 is 27.6 Å². The lowest BCUT2D eigenvalue weighted by Gasteiger charge is -2.09. The lowest BCUT2D eigenvalue weighted by molar-refractivity contribution is 0.0467. The summed E-state index contributed by atoms with van der Waals surface area (Å²) in [6.45, 7) is 0.0754. The van der Waals surface area contributed by atoms with Gasteiger partial charge in [-0.2, -0.15) is 5.10 Å². The summed E-state index contributed by atoms with van der Waals surface area (Å²) in [5.74, 6) is -0.579. The molecule has 2 aromatic carbocycles. The molecule has 2 aromatic heterocycles. The summed E-state index contributed by atoms with van der Waals surface area (Å²) in [5.41, 5.74) is 1.47. The van der Waals surface area contributed by atoms with E-state index in [0.29, 0.717) is 10.8 Å². The highest BCUT2D eigenvalue weighted by Crippen LogP contribution is 2.18. The highest BCUT2D eigenvalue weighted by atomic mass is 16.5. The highest BCUT2D eigenvalue weighted by molar-refractivity contribution is 6.02. The number of fused-ring (bicyclic) bond motifs is 2. The molecule has 4 aromatic rings. The van der Waals surface area contributed by atoms with Crippen molar-refractivity contribution in [1.29, 1.82) is 0 Å². The predicted octanol–water partition coefficient (Wildman–Crippen LogP) is 2.84. The number of aryl methyl sites for hydroxylation is 1. The van der Waals surface area contributed by atoms with Crippen LogP contribution >= 0.6 is 0 Å². The molecule has 0 amide bonds. The van der Waals surface area contributed by atoms with Crippen molar-refractivity contribution in [2.75, 3.05) is 0 Å². The molecular weight excluding hydrogens is 330 g/mol. The molecule has 6 nitrogen and oxygen atoms in total. The molecule has 0 spiro atoms. The van der Waals surface area contributed by atoms with E-state index in [1.165, 1.54) is 7.05 Å². The second kappa shape index (κ2) is 6.40. The predicted molar refractivity (Wildman–Crippen MR) is 97.8 cm³/mol. The molecule has 0 unspecified atom stereocenters. The first-order chi connectivity index (χ1) is 12.6. The summed E-state index contributed by atoms with van der Waals surface area (Å²) in [4.78, 5) is 29.1. The maximum absolute atomic E-state index is 12.6. The summed E-state index contributed by atoms with van der Waals surface area (Å²) in [6.07, 6.45) is 1.70. The number of hydrogen-bond acceptors (Lipinski definition) is 5. The molecule has 0 saturated heterocycles. The molecule has 6 heteroatoms. The van der Waals surface area contributed by atoms with Crippen LogP contribution < -0.4 is 5.56 Å². The van der Waals surface area contributed by atoms with Gasteiger partial charge in [-0.3, -0.25) is 9.78 Å². The summed E-state index contributed by atoms with van der Waals surface area (Å²) in [5, 5.41) is 5.98. The highest BCUT2D eigenvalue weighted by Gasteiger charge is 2.17. The molecule has 0 aliphatic rings. The first-order valence-corrected chi connectivity index (χ1v) is 8.11. The first-order valence-electron chi connectivity index (χ1n) is 8.11. The van der Waals surface area contributed by atoms with Crippen LogP contribution in [0.5, 0.6) is 0 Å². The Bertz CT molecular complexity index is 1190. The van der Waals surface area contributed by atoms with Crippen LogP contribution in [-0.4, -0.2) is 20.7 Å². The van der Waals surface area contributed by atoms with Crippen molar-refractivity contribution in [3.8, 4) is 0 Å². The second-order valence-corrected chi connectivity index (χ2v) is 5.89. The lowest BCUT2D eigenvalue weighted by atomic mass is 10.1. The molecule has 0 aliphatic carbocycles. The Hall–Kier alpha value is -3.54. The van der Waals surface area contributed by atoms with E-state index < -0.39 is 5.97 Å². The summed E-state index contributed by atoms with van der Waals surface area (Å²) >= 11 is 0. The lowest BCUT2D eigenvalue weighted by Crippen LogP contribution is -2.23. The number of rotatable bonds is 3. The minimum atomic E-state index is -0.579. The van der Waals surface area contributed by atoms with Crippen LogP contribution in [0.4, 0.5) is 0 Å². The van der Waals surface area contributed by atoms with Crippen molar-refractivity contribution in [1.82, 2.24) is 14.8 Å². The third kappa shape index (κ3) is 2.71. The minimum Gasteiger partial charge on any atom is -0.456 e. The van der Waals surface area contributed by atoms with E-state index in [1.54, 1.807) is 30.5 Å². The van der Waals surface area contributed by atoms with E-state index in [9.17, 15) is 9.59 Å². The average Bonchev–Trinajstić information content (AvgIpc) is 2.69. The van der Waals surface area contributed by atoms with Gasteiger partial charge in [0.25, 0.3) is 5.56 Å². The SMILES string of the molecule is Cn1nc(C(=O)OCc2cccc3cccnc23)c2ccccc2c1=O. The molecule has 2 heterocycles. The fourth-order valence-corrected chi connectivity index (χ4v) is 2.95. The fourth-order valence-electron chi connectivity index (χ4n) is 2.95. The van der Waals surface area contributed by atoms with Crippen molar-refractivity contribution in [3.05, 3.63) is 82.4 Å². The van der Waals surface area contributed by atoms with Gasteiger partial charge in [0.1, 0.15) is 6.61 Å². The molecule has 0 aliphatic heterocycles. The number of carbonyl (C=O) groups excluding carboxylic acids is 1. The zero-order valence-electron chi connectivity index (χ0n) is 14.0. The summed E-state index contributed by atoms with van der Waals surface area (Å²) in [7, 11) is 1.51. The number of carbonyl (C=O) groups is 1. The van der Waals surface area contributed by atoms with E-state index in [1.807, 2.05) is 30.3 Å². The molecule has 0 radical (unpaired) electrons. The Morgan fingerprint density at radius 1 is 1.04 bits per heavy atom. The van der Waals surface area contributed by atoms with E-state index >= 15 is 0 Å². The molecule has 0 fully saturated rings. The van der Waals surface area contributed by atoms with Crippen molar-refractivity contribution < 1.29 is 9.53 Å². The number of benzene rings is 2. The Morgan fingerprint density at radius 2 is 1.81 bits per heavy atom. The van der Waals surface area contributed by atoms with Crippen LogP contribution in [0, 0.1) is 0 Å². The smallest absolute Gasteiger partial charge is 0.359 e. The van der Waals surface area contributed by atoms with Crippen LogP contribution in [0.2, 0.25) is 0 Å².